The summed E-state index contributed by atoms with van der Waals surface area (Å²) in [4.78, 5) is 3.12. The zero-order valence-corrected chi connectivity index (χ0v) is 7.41. The lowest BCUT2D eigenvalue weighted by molar-refractivity contribution is 0.133. The van der Waals surface area contributed by atoms with Crippen LogP contribution >= 0.6 is 0 Å². The van der Waals surface area contributed by atoms with Crippen LogP contribution in [0.1, 0.15) is 18.5 Å². The summed E-state index contributed by atoms with van der Waals surface area (Å²) >= 11 is 0. The topological polar surface area (TPSA) is 48.0 Å². The maximum absolute atomic E-state index is 8.75. The lowest BCUT2D eigenvalue weighted by atomic mass is 10.1. The van der Waals surface area contributed by atoms with E-state index in [1.807, 2.05) is 31.3 Å². The molecule has 1 heterocycles. The maximum Gasteiger partial charge on any atom is 0.0541 e. The van der Waals surface area contributed by atoms with Gasteiger partial charge in [-0.2, -0.15) is 5.48 Å². The molecule has 0 saturated heterocycles. The van der Waals surface area contributed by atoms with Crippen molar-refractivity contribution < 1.29 is 5.21 Å². The van der Waals surface area contributed by atoms with Crippen LogP contribution < -0.4 is 5.48 Å². The van der Waals surface area contributed by atoms with E-state index in [1.165, 1.54) is 5.39 Å². The van der Waals surface area contributed by atoms with Crippen molar-refractivity contribution in [1.29, 1.82) is 0 Å². The molecule has 68 valence electrons. The second kappa shape index (κ2) is 3.20. The largest absolute Gasteiger partial charge is 0.361 e. The zero-order chi connectivity index (χ0) is 9.26. The molecule has 2 aromatic rings. The van der Waals surface area contributed by atoms with Crippen molar-refractivity contribution in [3.63, 3.8) is 0 Å². The second-order valence-corrected chi connectivity index (χ2v) is 3.18. The molecular formula is C10H12N2O. The fraction of sp³-hybridized carbons (Fsp3) is 0.200. The van der Waals surface area contributed by atoms with E-state index in [0.717, 1.165) is 11.1 Å². The van der Waals surface area contributed by atoms with Crippen molar-refractivity contribution in [3.8, 4) is 0 Å². The highest BCUT2D eigenvalue weighted by Crippen LogP contribution is 2.18. The molecule has 0 spiro atoms. The number of aromatic nitrogens is 1. The van der Waals surface area contributed by atoms with Crippen LogP contribution in [0.5, 0.6) is 0 Å². The van der Waals surface area contributed by atoms with Gasteiger partial charge in [0.25, 0.3) is 0 Å². The van der Waals surface area contributed by atoms with Crippen LogP contribution in [0.4, 0.5) is 0 Å². The summed E-state index contributed by atoms with van der Waals surface area (Å²) in [5.74, 6) is 0. The van der Waals surface area contributed by atoms with Crippen LogP contribution in [0.2, 0.25) is 0 Å². The van der Waals surface area contributed by atoms with Gasteiger partial charge in [0.15, 0.2) is 0 Å². The van der Waals surface area contributed by atoms with E-state index in [0.29, 0.717) is 0 Å². The van der Waals surface area contributed by atoms with Crippen LogP contribution in [0.25, 0.3) is 10.9 Å². The van der Waals surface area contributed by atoms with E-state index in [4.69, 9.17) is 5.21 Å². The molecule has 1 aromatic carbocycles. The summed E-state index contributed by atoms with van der Waals surface area (Å²) in [7, 11) is 0. The number of hydrogen-bond acceptors (Lipinski definition) is 2. The quantitative estimate of drug-likeness (QED) is 0.614. The summed E-state index contributed by atoms with van der Waals surface area (Å²) in [6.07, 6.45) is 1.91. The molecule has 0 saturated carbocycles. The van der Waals surface area contributed by atoms with Gasteiger partial charge in [0.2, 0.25) is 0 Å². The first-order valence-electron chi connectivity index (χ1n) is 4.28. The Balaban J connectivity index is 2.48. The maximum atomic E-state index is 8.75. The Bertz CT molecular complexity index is 408. The lowest BCUT2D eigenvalue weighted by Crippen LogP contribution is -2.12. The first-order chi connectivity index (χ1) is 6.31. The molecule has 0 aliphatic carbocycles. The van der Waals surface area contributed by atoms with Gasteiger partial charge in [-0.25, -0.2) is 0 Å². The molecule has 0 unspecified atom stereocenters. The summed E-state index contributed by atoms with van der Waals surface area (Å²) in [5.41, 5.74) is 4.43. The minimum atomic E-state index is -0.0284. The van der Waals surface area contributed by atoms with Gasteiger partial charge >= 0.3 is 0 Å². The predicted molar refractivity (Wildman–Crippen MR) is 51.6 cm³/mol. The average molecular weight is 176 g/mol. The van der Waals surface area contributed by atoms with Crippen molar-refractivity contribution in [3.05, 3.63) is 36.0 Å². The van der Waals surface area contributed by atoms with Gasteiger partial charge in [0.1, 0.15) is 0 Å². The zero-order valence-electron chi connectivity index (χ0n) is 7.41. The van der Waals surface area contributed by atoms with Gasteiger partial charge in [-0.05, 0) is 36.1 Å². The van der Waals surface area contributed by atoms with Gasteiger partial charge in [-0.15, -0.1) is 0 Å². The molecule has 3 N–H and O–H groups in total. The fourth-order valence-corrected chi connectivity index (χ4v) is 1.42. The summed E-state index contributed by atoms with van der Waals surface area (Å²) in [6, 6.07) is 8.05. The third-order valence-corrected chi connectivity index (χ3v) is 2.27. The average Bonchev–Trinajstić information content (AvgIpc) is 2.63. The van der Waals surface area contributed by atoms with E-state index < -0.39 is 0 Å². The fourth-order valence-electron chi connectivity index (χ4n) is 1.42. The molecule has 1 atom stereocenters. The number of hydroxylamine groups is 1. The molecule has 1 aromatic heterocycles. The van der Waals surface area contributed by atoms with Gasteiger partial charge in [0.05, 0.1) is 6.04 Å². The predicted octanol–water partition coefficient (Wildman–Crippen LogP) is 2.21. The molecular weight excluding hydrogens is 164 g/mol. The van der Waals surface area contributed by atoms with Gasteiger partial charge in [0, 0.05) is 11.7 Å². The van der Waals surface area contributed by atoms with E-state index in [1.54, 1.807) is 0 Å². The first kappa shape index (κ1) is 8.29. The minimum Gasteiger partial charge on any atom is -0.361 e. The molecule has 0 radical (unpaired) electrons. The highest BCUT2D eigenvalue weighted by molar-refractivity contribution is 5.80. The Morgan fingerprint density at radius 1 is 1.38 bits per heavy atom. The molecule has 13 heavy (non-hydrogen) atoms. The van der Waals surface area contributed by atoms with Gasteiger partial charge in [-0.3, -0.25) is 0 Å². The number of benzene rings is 1. The summed E-state index contributed by atoms with van der Waals surface area (Å²) < 4.78 is 0. The normalized spacial score (nSPS) is 13.4. The van der Waals surface area contributed by atoms with Crippen molar-refractivity contribution >= 4 is 10.9 Å². The van der Waals surface area contributed by atoms with Crippen molar-refractivity contribution in [2.75, 3.05) is 0 Å². The van der Waals surface area contributed by atoms with Crippen molar-refractivity contribution in [1.82, 2.24) is 10.5 Å². The number of hydrogen-bond donors (Lipinski definition) is 3. The Labute approximate surface area is 76.4 Å². The SMILES string of the molecule is C[C@H](NO)c1ccc2[nH]ccc2c1. The van der Waals surface area contributed by atoms with Crippen LogP contribution in [0, 0.1) is 0 Å². The number of nitrogens with one attached hydrogen (secondary N) is 2. The van der Waals surface area contributed by atoms with Crippen LogP contribution in [0.3, 0.4) is 0 Å². The second-order valence-electron chi connectivity index (χ2n) is 3.18. The van der Waals surface area contributed by atoms with Gasteiger partial charge in [-0.1, -0.05) is 6.07 Å². The molecule has 0 amide bonds. The van der Waals surface area contributed by atoms with Gasteiger partial charge < -0.3 is 10.2 Å². The molecule has 0 bridgehead atoms. The van der Waals surface area contributed by atoms with Crippen LogP contribution in [0.15, 0.2) is 30.5 Å². The Hall–Kier alpha value is -1.32. The van der Waals surface area contributed by atoms with Crippen molar-refractivity contribution in [2.45, 2.75) is 13.0 Å². The summed E-state index contributed by atoms with van der Waals surface area (Å²) in [5, 5.41) is 9.92. The van der Waals surface area contributed by atoms with Crippen LogP contribution in [-0.4, -0.2) is 10.2 Å². The molecule has 0 fully saturated rings. The minimum absolute atomic E-state index is 0.0284. The van der Waals surface area contributed by atoms with Crippen LogP contribution in [-0.2, 0) is 0 Å². The molecule has 3 nitrogen and oxygen atoms in total. The number of rotatable bonds is 2. The highest BCUT2D eigenvalue weighted by Gasteiger charge is 2.03. The third kappa shape index (κ3) is 1.43. The van der Waals surface area contributed by atoms with E-state index in [2.05, 4.69) is 16.5 Å². The van der Waals surface area contributed by atoms with Crippen molar-refractivity contribution in [2.24, 2.45) is 0 Å². The Morgan fingerprint density at radius 2 is 2.23 bits per heavy atom. The Kier molecular flexibility index (Phi) is 2.04. The molecule has 0 aliphatic heterocycles. The standard InChI is InChI=1S/C10H12N2O/c1-7(12-13)8-2-3-10-9(6-8)4-5-11-10/h2-7,11-13H,1H3/t7-/m0/s1. The smallest absolute Gasteiger partial charge is 0.0541 e. The number of H-pyrrole nitrogens is 1. The highest BCUT2D eigenvalue weighted by atomic mass is 16.5. The third-order valence-electron chi connectivity index (χ3n) is 2.27. The Morgan fingerprint density at radius 3 is 3.00 bits per heavy atom. The molecule has 2 rings (SSSR count). The first-order valence-corrected chi connectivity index (χ1v) is 4.28. The monoisotopic (exact) mass is 176 g/mol. The number of aromatic amines is 1. The molecule has 0 aliphatic rings. The number of fused-ring (bicyclic) bond motifs is 1. The lowest BCUT2D eigenvalue weighted by Gasteiger charge is -2.08. The van der Waals surface area contributed by atoms with E-state index in [9.17, 15) is 0 Å². The molecule has 3 heteroatoms. The van der Waals surface area contributed by atoms with E-state index >= 15 is 0 Å². The summed E-state index contributed by atoms with van der Waals surface area (Å²) in [6.45, 7) is 1.91. The van der Waals surface area contributed by atoms with E-state index in [-0.39, 0.29) is 6.04 Å².